The van der Waals surface area contributed by atoms with E-state index in [-0.39, 0.29) is 17.3 Å². The summed E-state index contributed by atoms with van der Waals surface area (Å²) in [6, 6.07) is 5.63. The lowest BCUT2D eigenvalue weighted by atomic mass is 9.74. The summed E-state index contributed by atoms with van der Waals surface area (Å²) in [5.41, 5.74) is 1.68. The Morgan fingerprint density at radius 2 is 2.05 bits per heavy atom. The van der Waals surface area contributed by atoms with Crippen LogP contribution in [0.25, 0.3) is 0 Å². The summed E-state index contributed by atoms with van der Waals surface area (Å²) in [6.07, 6.45) is 7.73. The van der Waals surface area contributed by atoms with E-state index >= 15 is 0 Å². The van der Waals surface area contributed by atoms with Crippen LogP contribution in [-0.2, 0) is 4.74 Å². The molecule has 1 unspecified atom stereocenters. The summed E-state index contributed by atoms with van der Waals surface area (Å²) < 4.78 is 6.10. The molecule has 2 fully saturated rings. The van der Waals surface area contributed by atoms with Crippen molar-refractivity contribution in [2.75, 3.05) is 6.61 Å². The summed E-state index contributed by atoms with van der Waals surface area (Å²) >= 11 is 6.16. The van der Waals surface area contributed by atoms with Crippen LogP contribution < -0.4 is 0 Å². The molecular weight excluding hydrogens is 284 g/mol. The average molecular weight is 307 g/mol. The predicted octanol–water partition coefficient (Wildman–Crippen LogP) is 4.96. The Kier molecular flexibility index (Phi) is 4.37. The van der Waals surface area contributed by atoms with E-state index in [1.165, 1.54) is 19.3 Å². The number of Topliss-reactive ketones (excluding diaryl/α,β-unsaturated/α-hetero) is 1. The van der Waals surface area contributed by atoms with Crippen LogP contribution in [-0.4, -0.2) is 18.0 Å². The molecule has 1 saturated heterocycles. The summed E-state index contributed by atoms with van der Waals surface area (Å²) in [5.74, 6) is 0.345. The zero-order valence-corrected chi connectivity index (χ0v) is 13.4. The number of benzene rings is 1. The molecule has 2 aliphatic rings. The highest BCUT2D eigenvalue weighted by Crippen LogP contribution is 2.41. The van der Waals surface area contributed by atoms with E-state index in [4.69, 9.17) is 16.3 Å². The summed E-state index contributed by atoms with van der Waals surface area (Å²) in [6.45, 7) is 2.65. The zero-order valence-electron chi connectivity index (χ0n) is 12.7. The van der Waals surface area contributed by atoms with Gasteiger partial charge < -0.3 is 4.74 Å². The van der Waals surface area contributed by atoms with Crippen LogP contribution in [0, 0.1) is 12.8 Å². The highest BCUT2D eigenvalue weighted by atomic mass is 35.5. The maximum absolute atomic E-state index is 12.9. The molecule has 3 rings (SSSR count). The van der Waals surface area contributed by atoms with Crippen LogP contribution in [0.3, 0.4) is 0 Å². The third-order valence-corrected chi connectivity index (χ3v) is 5.57. The Hall–Kier alpha value is -0.860. The molecule has 1 aromatic rings. The van der Waals surface area contributed by atoms with E-state index in [2.05, 4.69) is 0 Å². The van der Waals surface area contributed by atoms with Crippen molar-refractivity contribution in [3.8, 4) is 0 Å². The molecule has 0 bridgehead atoms. The molecule has 0 N–H and O–H groups in total. The summed E-state index contributed by atoms with van der Waals surface area (Å²) in [4.78, 5) is 12.9. The normalized spacial score (nSPS) is 25.0. The van der Waals surface area contributed by atoms with E-state index in [0.717, 1.165) is 43.4 Å². The molecule has 1 heterocycles. The molecule has 2 nitrogen and oxygen atoms in total. The topological polar surface area (TPSA) is 26.3 Å². The molecule has 114 valence electrons. The number of hydrogen-bond donors (Lipinski definition) is 0. The fourth-order valence-corrected chi connectivity index (χ4v) is 4.06. The monoisotopic (exact) mass is 306 g/mol. The first kappa shape index (κ1) is 15.1. The zero-order chi connectivity index (χ0) is 14.9. The van der Waals surface area contributed by atoms with Crippen molar-refractivity contribution in [3.63, 3.8) is 0 Å². The quantitative estimate of drug-likeness (QED) is 0.722. The molecular formula is C18H23ClO2. The van der Waals surface area contributed by atoms with E-state index in [1.807, 2.05) is 25.1 Å². The van der Waals surface area contributed by atoms with Gasteiger partial charge in [-0.2, -0.15) is 0 Å². The fraction of sp³-hybridized carbons (Fsp3) is 0.611. The fourth-order valence-electron chi connectivity index (χ4n) is 3.89. The van der Waals surface area contributed by atoms with Gasteiger partial charge >= 0.3 is 0 Å². The minimum atomic E-state index is -0.0245. The summed E-state index contributed by atoms with van der Waals surface area (Å²) in [7, 11) is 0. The van der Waals surface area contributed by atoms with Crippen molar-refractivity contribution in [1.29, 1.82) is 0 Å². The van der Waals surface area contributed by atoms with E-state index in [1.54, 1.807) is 0 Å². The lowest BCUT2D eigenvalue weighted by molar-refractivity contribution is -0.111. The molecule has 1 aliphatic carbocycles. The molecule has 1 aromatic carbocycles. The third kappa shape index (κ3) is 3.02. The molecule has 0 radical (unpaired) electrons. The number of carbonyl (C=O) groups is 1. The van der Waals surface area contributed by atoms with Crippen molar-refractivity contribution < 1.29 is 9.53 Å². The van der Waals surface area contributed by atoms with Crippen LogP contribution in [0.5, 0.6) is 0 Å². The second kappa shape index (κ2) is 6.10. The minimum Gasteiger partial charge on any atom is -0.375 e. The molecule has 1 atom stereocenters. The first-order chi connectivity index (χ1) is 10.1. The van der Waals surface area contributed by atoms with Crippen molar-refractivity contribution in [3.05, 3.63) is 34.3 Å². The predicted molar refractivity (Wildman–Crippen MR) is 85.0 cm³/mol. The summed E-state index contributed by atoms with van der Waals surface area (Å²) in [5, 5.41) is 0.681. The van der Waals surface area contributed by atoms with Gasteiger partial charge in [-0.05, 0) is 44.2 Å². The average Bonchev–Trinajstić information content (AvgIpc) is 2.50. The second-order valence-corrected chi connectivity index (χ2v) is 6.97. The van der Waals surface area contributed by atoms with Gasteiger partial charge in [0.2, 0.25) is 0 Å². The van der Waals surface area contributed by atoms with Gasteiger partial charge in [-0.15, -0.1) is 0 Å². The maximum atomic E-state index is 12.9. The molecule has 0 amide bonds. The van der Waals surface area contributed by atoms with Crippen LogP contribution in [0.4, 0.5) is 0 Å². The van der Waals surface area contributed by atoms with E-state index < -0.39 is 0 Å². The van der Waals surface area contributed by atoms with Gasteiger partial charge in [-0.25, -0.2) is 0 Å². The number of rotatable bonds is 2. The Morgan fingerprint density at radius 3 is 2.81 bits per heavy atom. The van der Waals surface area contributed by atoms with Gasteiger partial charge in [0.05, 0.1) is 5.60 Å². The van der Waals surface area contributed by atoms with Gasteiger partial charge in [-0.1, -0.05) is 43.0 Å². The maximum Gasteiger partial charge on any atom is 0.166 e. The van der Waals surface area contributed by atoms with Gasteiger partial charge in [-0.3, -0.25) is 4.79 Å². The first-order valence-corrected chi connectivity index (χ1v) is 8.42. The minimum absolute atomic E-state index is 0.0245. The largest absolute Gasteiger partial charge is 0.375 e. The molecule has 3 heteroatoms. The van der Waals surface area contributed by atoms with E-state index in [9.17, 15) is 4.79 Å². The number of ketones is 1. The van der Waals surface area contributed by atoms with E-state index in [0.29, 0.717) is 5.02 Å². The van der Waals surface area contributed by atoms with Gasteiger partial charge in [0.25, 0.3) is 0 Å². The van der Waals surface area contributed by atoms with Crippen LogP contribution in [0.1, 0.15) is 60.9 Å². The van der Waals surface area contributed by atoms with Crippen LogP contribution >= 0.6 is 11.6 Å². The standard InChI is InChI=1S/C18H23ClO2/c1-13-15(6-5-7-16(13)19)17(20)14-8-11-21-18(12-14)9-3-2-4-10-18/h5-7,14H,2-4,8-12H2,1H3. The van der Waals surface area contributed by atoms with Gasteiger partial charge in [0.15, 0.2) is 5.78 Å². The Bertz CT molecular complexity index is 527. The highest BCUT2D eigenvalue weighted by Gasteiger charge is 2.41. The molecule has 21 heavy (non-hydrogen) atoms. The number of hydrogen-bond acceptors (Lipinski definition) is 2. The molecule has 1 saturated carbocycles. The third-order valence-electron chi connectivity index (χ3n) is 5.16. The smallest absolute Gasteiger partial charge is 0.166 e. The molecule has 0 aromatic heterocycles. The Labute approximate surface area is 131 Å². The van der Waals surface area contributed by atoms with Crippen LogP contribution in [0.15, 0.2) is 18.2 Å². The van der Waals surface area contributed by atoms with Gasteiger partial charge in [0.1, 0.15) is 0 Å². The van der Waals surface area contributed by atoms with Gasteiger partial charge in [0, 0.05) is 23.1 Å². The van der Waals surface area contributed by atoms with Crippen molar-refractivity contribution in [2.24, 2.45) is 5.92 Å². The Morgan fingerprint density at radius 1 is 1.29 bits per heavy atom. The Balaban J connectivity index is 1.79. The first-order valence-electron chi connectivity index (χ1n) is 8.05. The number of carbonyl (C=O) groups excluding carboxylic acids is 1. The second-order valence-electron chi connectivity index (χ2n) is 6.56. The lowest BCUT2D eigenvalue weighted by Crippen LogP contribution is -2.43. The number of halogens is 1. The van der Waals surface area contributed by atoms with Crippen molar-refractivity contribution >= 4 is 17.4 Å². The molecule has 1 aliphatic heterocycles. The lowest BCUT2D eigenvalue weighted by Gasteiger charge is -2.43. The van der Waals surface area contributed by atoms with Crippen molar-refractivity contribution in [2.45, 2.75) is 57.5 Å². The van der Waals surface area contributed by atoms with Crippen molar-refractivity contribution in [1.82, 2.24) is 0 Å². The molecule has 1 spiro atoms. The number of ether oxygens (including phenoxy) is 1. The van der Waals surface area contributed by atoms with Crippen LogP contribution in [0.2, 0.25) is 5.02 Å². The highest BCUT2D eigenvalue weighted by molar-refractivity contribution is 6.31. The SMILES string of the molecule is Cc1c(Cl)cccc1C(=O)C1CCOC2(CCCCC2)C1.